The van der Waals surface area contributed by atoms with E-state index in [0.717, 1.165) is 17.1 Å². The van der Waals surface area contributed by atoms with Crippen LogP contribution in [-0.2, 0) is 11.3 Å². The number of nitrogens with two attached hydrogens (primary N) is 1. The van der Waals surface area contributed by atoms with Crippen LogP contribution in [-0.4, -0.2) is 16.8 Å². The highest BCUT2D eigenvalue weighted by atomic mass is 16.3. The molecule has 19 heavy (non-hydrogen) atoms. The van der Waals surface area contributed by atoms with Gasteiger partial charge in [0.05, 0.1) is 0 Å². The highest BCUT2D eigenvalue weighted by molar-refractivity contribution is 5.89. The Balaban J connectivity index is 1.82. The molecule has 2 aromatic rings. The van der Waals surface area contributed by atoms with Crippen LogP contribution < -0.4 is 5.73 Å². The summed E-state index contributed by atoms with van der Waals surface area (Å²) in [5.41, 5.74) is 6.99. The molecule has 1 aromatic heterocycles. The molecule has 4 nitrogen and oxygen atoms in total. The number of carbonyl (C=O) groups excluding carboxylic acids is 1. The number of likely N-dealkylation sites (tertiary alicyclic amines) is 1. The number of nitrogens with zero attached hydrogens (tertiary/aromatic N) is 1. The first kappa shape index (κ1) is 12.0. The van der Waals surface area contributed by atoms with Gasteiger partial charge in [-0.15, -0.1) is 0 Å². The minimum absolute atomic E-state index is 0.0251. The van der Waals surface area contributed by atoms with Crippen molar-refractivity contribution in [3.8, 4) is 0 Å². The van der Waals surface area contributed by atoms with Gasteiger partial charge >= 0.3 is 0 Å². The summed E-state index contributed by atoms with van der Waals surface area (Å²) >= 11 is 0. The number of aryl methyl sites for hydroxylation is 1. The second kappa shape index (κ2) is 4.55. The minimum Gasteiger partial charge on any atom is -0.464 e. The van der Waals surface area contributed by atoms with Crippen molar-refractivity contribution in [1.29, 1.82) is 0 Å². The summed E-state index contributed by atoms with van der Waals surface area (Å²) in [6, 6.07) is 13.0. The molecule has 1 saturated heterocycles. The van der Waals surface area contributed by atoms with Crippen LogP contribution in [0.2, 0.25) is 0 Å². The first-order valence-electron chi connectivity index (χ1n) is 6.33. The zero-order valence-electron chi connectivity index (χ0n) is 10.7. The third-order valence-electron chi connectivity index (χ3n) is 3.49. The van der Waals surface area contributed by atoms with E-state index >= 15 is 0 Å². The minimum atomic E-state index is -0.491. The van der Waals surface area contributed by atoms with Gasteiger partial charge < -0.3 is 15.1 Å². The van der Waals surface area contributed by atoms with Crippen LogP contribution in [0.25, 0.3) is 0 Å². The normalized spacial score (nSPS) is 22.4. The fourth-order valence-corrected chi connectivity index (χ4v) is 2.47. The maximum absolute atomic E-state index is 11.9. The van der Waals surface area contributed by atoms with Crippen LogP contribution in [0, 0.1) is 6.92 Å². The van der Waals surface area contributed by atoms with Crippen LogP contribution in [0.1, 0.15) is 23.1 Å². The van der Waals surface area contributed by atoms with Gasteiger partial charge in [0.2, 0.25) is 5.91 Å². The second-order valence-electron chi connectivity index (χ2n) is 4.87. The highest BCUT2D eigenvalue weighted by Crippen LogP contribution is 2.35. The molecule has 2 atom stereocenters. The van der Waals surface area contributed by atoms with E-state index in [4.69, 9.17) is 10.2 Å². The van der Waals surface area contributed by atoms with E-state index in [-0.39, 0.29) is 11.9 Å². The lowest BCUT2D eigenvalue weighted by Crippen LogP contribution is -2.62. The van der Waals surface area contributed by atoms with Gasteiger partial charge in [-0.05, 0) is 24.6 Å². The Hall–Kier alpha value is -2.07. The molecule has 1 aromatic carbocycles. The molecular formula is C15H16N2O2. The molecule has 1 fully saturated rings. The average molecular weight is 256 g/mol. The van der Waals surface area contributed by atoms with Gasteiger partial charge in [-0.3, -0.25) is 4.79 Å². The van der Waals surface area contributed by atoms with Crippen molar-refractivity contribution in [3.63, 3.8) is 0 Å². The number of hydrogen-bond acceptors (Lipinski definition) is 3. The molecule has 0 unspecified atom stereocenters. The Morgan fingerprint density at radius 3 is 2.58 bits per heavy atom. The molecular weight excluding hydrogens is 240 g/mol. The van der Waals surface area contributed by atoms with E-state index in [9.17, 15) is 4.79 Å². The lowest BCUT2D eigenvalue weighted by Gasteiger charge is -2.44. The molecule has 1 amide bonds. The Bertz CT molecular complexity index is 591. The fraction of sp³-hybridized carbons (Fsp3) is 0.267. The number of β-lactam (4-membered cyclic amide) rings is 1. The largest absolute Gasteiger partial charge is 0.464 e. The average Bonchev–Trinajstić information content (AvgIpc) is 2.85. The zero-order chi connectivity index (χ0) is 13.4. The highest BCUT2D eigenvalue weighted by Gasteiger charge is 2.47. The van der Waals surface area contributed by atoms with Gasteiger partial charge in [-0.2, -0.15) is 0 Å². The van der Waals surface area contributed by atoms with Crippen LogP contribution in [0.15, 0.2) is 46.9 Å². The molecule has 0 bridgehead atoms. The maximum atomic E-state index is 11.9. The first-order valence-corrected chi connectivity index (χ1v) is 6.33. The van der Waals surface area contributed by atoms with E-state index in [1.54, 1.807) is 4.90 Å². The molecule has 0 radical (unpaired) electrons. The molecule has 4 heteroatoms. The smallest absolute Gasteiger partial charge is 0.243 e. The Labute approximate surface area is 111 Å². The number of amides is 1. The number of benzene rings is 1. The summed E-state index contributed by atoms with van der Waals surface area (Å²) in [7, 11) is 0. The lowest BCUT2D eigenvalue weighted by molar-refractivity contribution is -0.151. The molecule has 0 aliphatic carbocycles. The molecule has 1 aliphatic rings. The van der Waals surface area contributed by atoms with Gasteiger partial charge in [0.1, 0.15) is 23.6 Å². The molecule has 2 N–H and O–H groups in total. The van der Waals surface area contributed by atoms with E-state index in [2.05, 4.69) is 0 Å². The zero-order valence-corrected chi connectivity index (χ0v) is 10.7. The molecule has 0 spiro atoms. The van der Waals surface area contributed by atoms with Crippen molar-refractivity contribution in [2.45, 2.75) is 25.6 Å². The summed E-state index contributed by atoms with van der Waals surface area (Å²) in [6.07, 6.45) is 0. The van der Waals surface area contributed by atoms with E-state index in [1.165, 1.54) is 0 Å². The summed E-state index contributed by atoms with van der Waals surface area (Å²) in [4.78, 5) is 13.7. The SMILES string of the molecule is Cc1ccc([C@@H]2[C@H](N)C(=O)N2Cc2ccccc2)o1. The third kappa shape index (κ3) is 2.04. The number of rotatable bonds is 3. The monoisotopic (exact) mass is 256 g/mol. The standard InChI is InChI=1S/C15H16N2O2/c1-10-7-8-12(19-10)14-13(16)15(18)17(14)9-11-5-3-2-4-6-11/h2-8,13-14H,9,16H2,1H3/t13-,14+/m0/s1. The number of furan rings is 1. The van der Waals surface area contributed by atoms with Crippen molar-refractivity contribution in [1.82, 2.24) is 4.90 Å². The van der Waals surface area contributed by atoms with Crippen molar-refractivity contribution < 1.29 is 9.21 Å². The first-order chi connectivity index (χ1) is 9.16. The lowest BCUT2D eigenvalue weighted by atomic mass is 9.93. The van der Waals surface area contributed by atoms with Crippen LogP contribution in [0.4, 0.5) is 0 Å². The van der Waals surface area contributed by atoms with Crippen molar-refractivity contribution in [3.05, 3.63) is 59.5 Å². The molecule has 98 valence electrons. The number of hydrogen-bond donors (Lipinski definition) is 1. The van der Waals surface area contributed by atoms with Crippen LogP contribution in [0.5, 0.6) is 0 Å². The summed E-state index contributed by atoms with van der Waals surface area (Å²) in [5.74, 6) is 1.57. The predicted molar refractivity (Wildman–Crippen MR) is 71.2 cm³/mol. The summed E-state index contributed by atoms with van der Waals surface area (Å²) in [5, 5.41) is 0. The molecule has 0 saturated carbocycles. The van der Waals surface area contributed by atoms with E-state index in [0.29, 0.717) is 6.54 Å². The molecule has 3 rings (SSSR count). The second-order valence-corrected chi connectivity index (χ2v) is 4.87. The topological polar surface area (TPSA) is 59.5 Å². The summed E-state index contributed by atoms with van der Waals surface area (Å²) in [6.45, 7) is 2.45. The van der Waals surface area contributed by atoms with Gasteiger partial charge in [0, 0.05) is 6.54 Å². The van der Waals surface area contributed by atoms with E-state index in [1.807, 2.05) is 49.4 Å². The van der Waals surface area contributed by atoms with Gasteiger partial charge in [0.25, 0.3) is 0 Å². The van der Waals surface area contributed by atoms with Crippen molar-refractivity contribution in [2.75, 3.05) is 0 Å². The van der Waals surface area contributed by atoms with Crippen LogP contribution in [0.3, 0.4) is 0 Å². The van der Waals surface area contributed by atoms with Crippen LogP contribution >= 0.6 is 0 Å². The Morgan fingerprint density at radius 1 is 1.21 bits per heavy atom. The Kier molecular flexibility index (Phi) is 2.87. The van der Waals surface area contributed by atoms with Gasteiger partial charge in [-0.25, -0.2) is 0 Å². The quantitative estimate of drug-likeness (QED) is 0.854. The molecule has 2 heterocycles. The third-order valence-corrected chi connectivity index (χ3v) is 3.49. The van der Waals surface area contributed by atoms with Gasteiger partial charge in [-0.1, -0.05) is 30.3 Å². The molecule has 1 aliphatic heterocycles. The Morgan fingerprint density at radius 2 is 1.95 bits per heavy atom. The maximum Gasteiger partial charge on any atom is 0.243 e. The van der Waals surface area contributed by atoms with Crippen molar-refractivity contribution in [2.24, 2.45) is 5.73 Å². The van der Waals surface area contributed by atoms with Crippen molar-refractivity contribution >= 4 is 5.91 Å². The predicted octanol–water partition coefficient (Wildman–Crippen LogP) is 2.00. The summed E-state index contributed by atoms with van der Waals surface area (Å²) < 4.78 is 5.60. The van der Waals surface area contributed by atoms with E-state index < -0.39 is 6.04 Å². The number of carbonyl (C=O) groups is 1. The van der Waals surface area contributed by atoms with Gasteiger partial charge in [0.15, 0.2) is 0 Å². The fourth-order valence-electron chi connectivity index (χ4n) is 2.47.